The molecule has 1 fully saturated rings. The molecule has 4 aromatic rings. The molecule has 198 valence electrons. The lowest BCUT2D eigenvalue weighted by molar-refractivity contribution is -0.121. The zero-order valence-corrected chi connectivity index (χ0v) is 23.8. The predicted octanol–water partition coefficient (Wildman–Crippen LogP) is 8.02. The fourth-order valence-electron chi connectivity index (χ4n) is 5.83. The van der Waals surface area contributed by atoms with Crippen LogP contribution in [0.15, 0.2) is 59.3 Å². The Balaban J connectivity index is 1.27. The maximum Gasteiger partial charge on any atom is 0.164 e. The lowest BCUT2D eigenvalue weighted by atomic mass is 9.89. The molecule has 0 amide bonds. The van der Waals surface area contributed by atoms with Crippen LogP contribution < -0.4 is 9.47 Å². The second-order valence-electron chi connectivity index (χ2n) is 10.5. The molecule has 38 heavy (non-hydrogen) atoms. The van der Waals surface area contributed by atoms with Crippen molar-refractivity contribution in [2.75, 3.05) is 0 Å². The summed E-state index contributed by atoms with van der Waals surface area (Å²) in [7, 11) is 0. The van der Waals surface area contributed by atoms with Crippen molar-refractivity contribution < 1.29 is 9.47 Å². The van der Waals surface area contributed by atoms with Gasteiger partial charge in [-0.05, 0) is 68.9 Å². The van der Waals surface area contributed by atoms with Crippen molar-refractivity contribution in [2.45, 2.75) is 83.7 Å². The SMILES string of the molecule is Cc1nc(CN(Cc2csc(C)n2)C2(Oc3ccc4c(c3)CCC(c3ccccc3)O4)CCCCC2)cs1. The van der Waals surface area contributed by atoms with Crippen molar-refractivity contribution in [3.63, 3.8) is 0 Å². The Kier molecular flexibility index (Phi) is 7.50. The zero-order chi connectivity index (χ0) is 26.0. The monoisotopic (exact) mass is 545 g/mol. The van der Waals surface area contributed by atoms with Crippen molar-refractivity contribution in [1.82, 2.24) is 14.9 Å². The molecule has 3 heterocycles. The number of ether oxygens (including phenoxy) is 2. The minimum atomic E-state index is -0.385. The summed E-state index contributed by atoms with van der Waals surface area (Å²) in [5.74, 6) is 1.91. The molecule has 0 radical (unpaired) electrons. The zero-order valence-electron chi connectivity index (χ0n) is 22.2. The van der Waals surface area contributed by atoms with Crippen LogP contribution in [0.25, 0.3) is 0 Å². The van der Waals surface area contributed by atoms with Gasteiger partial charge in [0.05, 0.1) is 21.4 Å². The molecule has 0 spiro atoms. The quantitative estimate of drug-likeness (QED) is 0.210. The number of hydrogen-bond donors (Lipinski definition) is 0. The molecule has 6 rings (SSSR count). The predicted molar refractivity (Wildman–Crippen MR) is 154 cm³/mol. The minimum Gasteiger partial charge on any atom is -0.485 e. The highest BCUT2D eigenvalue weighted by atomic mass is 32.1. The van der Waals surface area contributed by atoms with Gasteiger partial charge in [0.2, 0.25) is 0 Å². The maximum atomic E-state index is 7.06. The van der Waals surface area contributed by atoms with Crippen LogP contribution in [-0.2, 0) is 19.5 Å². The molecule has 2 aliphatic rings. The Hall–Kier alpha value is -2.74. The number of aryl methyl sites for hydroxylation is 3. The van der Waals surface area contributed by atoms with Gasteiger partial charge < -0.3 is 9.47 Å². The van der Waals surface area contributed by atoms with Gasteiger partial charge in [0.1, 0.15) is 17.6 Å². The van der Waals surface area contributed by atoms with Crippen molar-refractivity contribution >= 4 is 22.7 Å². The topological polar surface area (TPSA) is 47.5 Å². The fraction of sp³-hybridized carbons (Fsp3) is 0.419. The van der Waals surface area contributed by atoms with Crippen LogP contribution in [0.5, 0.6) is 11.5 Å². The third-order valence-electron chi connectivity index (χ3n) is 7.71. The largest absolute Gasteiger partial charge is 0.485 e. The first kappa shape index (κ1) is 25.5. The average molecular weight is 546 g/mol. The second-order valence-corrected chi connectivity index (χ2v) is 12.6. The smallest absolute Gasteiger partial charge is 0.164 e. The molecular formula is C31H35N3O2S2. The van der Waals surface area contributed by atoms with Gasteiger partial charge in [-0.25, -0.2) is 9.97 Å². The summed E-state index contributed by atoms with van der Waals surface area (Å²) in [5, 5.41) is 6.58. The van der Waals surface area contributed by atoms with Crippen molar-refractivity contribution in [1.29, 1.82) is 0 Å². The first-order chi connectivity index (χ1) is 18.6. The number of fused-ring (bicyclic) bond motifs is 1. The van der Waals surface area contributed by atoms with Crippen LogP contribution in [-0.4, -0.2) is 20.6 Å². The minimum absolute atomic E-state index is 0.110. The van der Waals surface area contributed by atoms with Gasteiger partial charge in [-0.2, -0.15) is 0 Å². The van der Waals surface area contributed by atoms with E-state index in [0.29, 0.717) is 0 Å². The Morgan fingerprint density at radius 1 is 0.921 bits per heavy atom. The van der Waals surface area contributed by atoms with E-state index in [-0.39, 0.29) is 11.8 Å². The molecule has 7 heteroatoms. The number of aromatic nitrogens is 2. The first-order valence-electron chi connectivity index (χ1n) is 13.7. The molecule has 2 aromatic heterocycles. The van der Waals surface area contributed by atoms with E-state index in [0.717, 1.165) is 84.5 Å². The van der Waals surface area contributed by atoms with E-state index in [1.165, 1.54) is 17.5 Å². The standard InChI is InChI=1S/C31H35N3O2S2/c1-22-32-26(20-37-22)18-34(19-27-21-38-23(2)33-27)31(15-7-4-8-16-31)36-28-12-14-30-25(17-28)11-13-29(35-30)24-9-5-3-6-10-24/h3,5-6,9-10,12,14,17,20-21,29H,4,7-8,11,13,15-16,18-19H2,1-2H3. The molecule has 2 aromatic carbocycles. The second kappa shape index (κ2) is 11.2. The van der Waals surface area contributed by atoms with Gasteiger partial charge in [-0.3, -0.25) is 4.90 Å². The van der Waals surface area contributed by atoms with Crippen molar-refractivity contribution in [3.8, 4) is 11.5 Å². The molecule has 1 saturated carbocycles. The highest BCUT2D eigenvalue weighted by Crippen LogP contribution is 2.41. The van der Waals surface area contributed by atoms with Crippen LogP contribution in [0.4, 0.5) is 0 Å². The fourth-order valence-corrected chi connectivity index (χ4v) is 7.04. The molecular weight excluding hydrogens is 510 g/mol. The Morgan fingerprint density at radius 2 is 1.61 bits per heavy atom. The van der Waals surface area contributed by atoms with Crippen LogP contribution in [0.3, 0.4) is 0 Å². The van der Waals surface area contributed by atoms with Gasteiger partial charge in [-0.1, -0.05) is 36.8 Å². The summed E-state index contributed by atoms with van der Waals surface area (Å²) in [6.45, 7) is 5.67. The van der Waals surface area contributed by atoms with E-state index in [9.17, 15) is 0 Å². The lowest BCUT2D eigenvalue weighted by Gasteiger charge is -2.46. The normalized spacial score (nSPS) is 18.7. The highest BCUT2D eigenvalue weighted by Gasteiger charge is 2.41. The van der Waals surface area contributed by atoms with E-state index < -0.39 is 0 Å². The summed E-state index contributed by atoms with van der Waals surface area (Å²) in [6, 6.07) is 16.9. The van der Waals surface area contributed by atoms with Crippen molar-refractivity contribution in [2.24, 2.45) is 0 Å². The molecule has 5 nitrogen and oxygen atoms in total. The van der Waals surface area contributed by atoms with E-state index in [1.54, 1.807) is 22.7 Å². The number of thiazole rings is 2. The summed E-state index contributed by atoms with van der Waals surface area (Å²) < 4.78 is 13.5. The maximum absolute atomic E-state index is 7.06. The summed E-state index contributed by atoms with van der Waals surface area (Å²) in [5.41, 5.74) is 4.31. The lowest BCUT2D eigenvalue weighted by Crippen LogP contribution is -2.53. The van der Waals surface area contributed by atoms with Gasteiger partial charge in [-0.15, -0.1) is 22.7 Å². The van der Waals surface area contributed by atoms with Gasteiger partial charge in [0.25, 0.3) is 0 Å². The number of nitrogens with zero attached hydrogens (tertiary/aromatic N) is 3. The number of benzene rings is 2. The molecule has 0 bridgehead atoms. The van der Waals surface area contributed by atoms with Crippen LogP contribution in [0.2, 0.25) is 0 Å². The Labute approximate surface area is 233 Å². The summed E-state index contributed by atoms with van der Waals surface area (Å²) in [6.07, 6.45) is 7.65. The van der Waals surface area contributed by atoms with Gasteiger partial charge >= 0.3 is 0 Å². The van der Waals surface area contributed by atoms with E-state index in [2.05, 4.69) is 78.0 Å². The van der Waals surface area contributed by atoms with Crippen LogP contribution in [0, 0.1) is 13.8 Å². The van der Waals surface area contributed by atoms with Crippen molar-refractivity contribution in [3.05, 3.63) is 91.8 Å². The van der Waals surface area contributed by atoms with E-state index in [4.69, 9.17) is 19.4 Å². The van der Waals surface area contributed by atoms with E-state index in [1.807, 2.05) is 0 Å². The van der Waals surface area contributed by atoms with Gasteiger partial charge in [0, 0.05) is 36.7 Å². The number of rotatable bonds is 8. The third kappa shape index (κ3) is 5.65. The Bertz CT molecular complexity index is 1320. The molecule has 1 unspecified atom stereocenters. The molecule has 1 aliphatic carbocycles. The molecule has 1 aliphatic heterocycles. The average Bonchev–Trinajstić information content (AvgIpc) is 3.56. The molecule has 0 N–H and O–H groups in total. The Morgan fingerprint density at radius 3 is 2.24 bits per heavy atom. The van der Waals surface area contributed by atoms with Crippen LogP contribution in [0.1, 0.15) is 77.2 Å². The highest BCUT2D eigenvalue weighted by molar-refractivity contribution is 7.09. The number of hydrogen-bond acceptors (Lipinski definition) is 7. The van der Waals surface area contributed by atoms with E-state index >= 15 is 0 Å². The van der Waals surface area contributed by atoms with Crippen LogP contribution >= 0.6 is 22.7 Å². The summed E-state index contributed by atoms with van der Waals surface area (Å²) >= 11 is 3.43. The summed E-state index contributed by atoms with van der Waals surface area (Å²) in [4.78, 5) is 12.1. The molecule has 0 saturated heterocycles. The van der Waals surface area contributed by atoms with Gasteiger partial charge in [0.15, 0.2) is 5.72 Å². The molecule has 1 atom stereocenters. The first-order valence-corrected chi connectivity index (χ1v) is 15.4. The third-order valence-corrected chi connectivity index (χ3v) is 9.35.